The van der Waals surface area contributed by atoms with Crippen molar-refractivity contribution in [2.45, 2.75) is 13.3 Å². The fourth-order valence-electron chi connectivity index (χ4n) is 2.36. The van der Waals surface area contributed by atoms with Gasteiger partial charge in [-0.25, -0.2) is 0 Å². The van der Waals surface area contributed by atoms with Crippen molar-refractivity contribution in [3.8, 4) is 0 Å². The van der Waals surface area contributed by atoms with Crippen molar-refractivity contribution in [2.75, 3.05) is 19.6 Å². The summed E-state index contributed by atoms with van der Waals surface area (Å²) in [4.78, 5) is 14.4. The summed E-state index contributed by atoms with van der Waals surface area (Å²) in [5.41, 5.74) is 8.27. The molecule has 0 spiro atoms. The van der Waals surface area contributed by atoms with Gasteiger partial charge in [0.15, 0.2) is 0 Å². The van der Waals surface area contributed by atoms with E-state index in [9.17, 15) is 4.79 Å². The molecule has 112 valence electrons. The van der Waals surface area contributed by atoms with Gasteiger partial charge in [-0.2, -0.15) is 5.10 Å². The highest BCUT2D eigenvalue weighted by atomic mass is 16.2. The number of nitrogens with two attached hydrogens (primary N) is 1. The molecule has 0 fully saturated rings. The maximum absolute atomic E-state index is 12.6. The minimum Gasteiger partial charge on any atom is -0.337 e. The standard InChI is InChI=1S/C16H22N4O/c1-13-15(12-19(2)18-13)16(21)20(11-9-17)10-8-14-6-4-3-5-7-14/h3-7,12H,8-11,17H2,1-2H3. The van der Waals surface area contributed by atoms with Crippen LogP contribution in [0.2, 0.25) is 0 Å². The smallest absolute Gasteiger partial charge is 0.257 e. The summed E-state index contributed by atoms with van der Waals surface area (Å²) < 4.78 is 1.67. The van der Waals surface area contributed by atoms with E-state index in [1.807, 2.05) is 32.2 Å². The third kappa shape index (κ3) is 3.92. The Bertz CT molecular complexity index is 592. The molecule has 1 heterocycles. The third-order valence-electron chi connectivity index (χ3n) is 3.44. The van der Waals surface area contributed by atoms with Crippen LogP contribution in [0.25, 0.3) is 0 Å². The second-order valence-corrected chi connectivity index (χ2v) is 5.12. The van der Waals surface area contributed by atoms with Crippen molar-refractivity contribution in [1.29, 1.82) is 0 Å². The molecule has 0 unspecified atom stereocenters. The van der Waals surface area contributed by atoms with Gasteiger partial charge in [0.05, 0.1) is 11.3 Å². The Labute approximate surface area is 125 Å². The molecule has 1 amide bonds. The number of rotatable bonds is 6. The first kappa shape index (κ1) is 15.3. The second kappa shape index (κ2) is 7.04. The van der Waals surface area contributed by atoms with E-state index in [2.05, 4.69) is 17.2 Å². The summed E-state index contributed by atoms with van der Waals surface area (Å²) in [5.74, 6) is 0.00183. The number of amides is 1. The lowest BCUT2D eigenvalue weighted by Crippen LogP contribution is -2.37. The molecule has 5 heteroatoms. The van der Waals surface area contributed by atoms with Gasteiger partial charge < -0.3 is 10.6 Å². The van der Waals surface area contributed by atoms with Gasteiger partial charge in [-0.05, 0) is 18.9 Å². The minimum absolute atomic E-state index is 0.00183. The first-order valence-corrected chi connectivity index (χ1v) is 7.15. The highest BCUT2D eigenvalue weighted by Gasteiger charge is 2.19. The van der Waals surface area contributed by atoms with Crippen LogP contribution in [0.5, 0.6) is 0 Å². The average Bonchev–Trinajstić information content (AvgIpc) is 2.82. The van der Waals surface area contributed by atoms with Crippen LogP contribution >= 0.6 is 0 Å². The fraction of sp³-hybridized carbons (Fsp3) is 0.375. The maximum Gasteiger partial charge on any atom is 0.257 e. The molecule has 1 aromatic heterocycles. The van der Waals surface area contributed by atoms with Gasteiger partial charge in [0.25, 0.3) is 5.91 Å². The van der Waals surface area contributed by atoms with Crippen molar-refractivity contribution < 1.29 is 4.79 Å². The van der Waals surface area contributed by atoms with Gasteiger partial charge in [0.1, 0.15) is 0 Å². The van der Waals surface area contributed by atoms with Crippen LogP contribution in [0.4, 0.5) is 0 Å². The first-order valence-electron chi connectivity index (χ1n) is 7.15. The summed E-state index contributed by atoms with van der Waals surface area (Å²) in [6.07, 6.45) is 2.59. The van der Waals surface area contributed by atoms with E-state index in [0.29, 0.717) is 25.2 Å². The summed E-state index contributed by atoms with van der Waals surface area (Å²) in [5, 5.41) is 4.23. The molecule has 0 saturated heterocycles. The van der Waals surface area contributed by atoms with Crippen LogP contribution in [0, 0.1) is 6.92 Å². The Hall–Kier alpha value is -2.14. The van der Waals surface area contributed by atoms with Crippen LogP contribution in [0.1, 0.15) is 21.6 Å². The zero-order valence-electron chi connectivity index (χ0n) is 12.6. The maximum atomic E-state index is 12.6. The zero-order chi connectivity index (χ0) is 15.2. The summed E-state index contributed by atoms with van der Waals surface area (Å²) in [7, 11) is 1.82. The molecule has 0 aliphatic heterocycles. The van der Waals surface area contributed by atoms with E-state index in [1.165, 1.54) is 5.56 Å². The lowest BCUT2D eigenvalue weighted by molar-refractivity contribution is 0.0761. The number of aryl methyl sites for hydroxylation is 2. The monoisotopic (exact) mass is 286 g/mol. The van der Waals surface area contributed by atoms with E-state index in [4.69, 9.17) is 5.73 Å². The topological polar surface area (TPSA) is 64.2 Å². The van der Waals surface area contributed by atoms with Crippen LogP contribution in [0.15, 0.2) is 36.5 Å². The van der Waals surface area contributed by atoms with E-state index in [-0.39, 0.29) is 5.91 Å². The van der Waals surface area contributed by atoms with E-state index < -0.39 is 0 Å². The SMILES string of the molecule is Cc1nn(C)cc1C(=O)N(CCN)CCc1ccccc1. The lowest BCUT2D eigenvalue weighted by Gasteiger charge is -2.21. The van der Waals surface area contributed by atoms with Gasteiger partial charge in [0.2, 0.25) is 0 Å². The van der Waals surface area contributed by atoms with Crippen LogP contribution in [-0.2, 0) is 13.5 Å². The number of carbonyl (C=O) groups excluding carboxylic acids is 1. The average molecular weight is 286 g/mol. The molecule has 0 radical (unpaired) electrons. The van der Waals surface area contributed by atoms with Crippen molar-refractivity contribution in [1.82, 2.24) is 14.7 Å². The number of hydrogen-bond donors (Lipinski definition) is 1. The molecule has 2 aromatic rings. The number of aromatic nitrogens is 2. The first-order chi connectivity index (χ1) is 10.1. The number of benzene rings is 1. The van der Waals surface area contributed by atoms with Gasteiger partial charge in [0, 0.05) is 32.9 Å². The lowest BCUT2D eigenvalue weighted by atomic mass is 10.1. The molecular weight excluding hydrogens is 264 g/mol. The third-order valence-corrected chi connectivity index (χ3v) is 3.44. The van der Waals surface area contributed by atoms with Crippen molar-refractivity contribution in [2.24, 2.45) is 12.8 Å². The highest BCUT2D eigenvalue weighted by molar-refractivity contribution is 5.95. The Kier molecular flexibility index (Phi) is 5.11. The molecule has 0 aliphatic carbocycles. The number of nitrogens with zero attached hydrogens (tertiary/aromatic N) is 3. The van der Waals surface area contributed by atoms with E-state index in [0.717, 1.165) is 12.1 Å². The van der Waals surface area contributed by atoms with Gasteiger partial charge in [-0.3, -0.25) is 9.48 Å². The van der Waals surface area contributed by atoms with Gasteiger partial charge >= 0.3 is 0 Å². The van der Waals surface area contributed by atoms with Gasteiger partial charge in [-0.1, -0.05) is 30.3 Å². The fourth-order valence-corrected chi connectivity index (χ4v) is 2.36. The zero-order valence-corrected chi connectivity index (χ0v) is 12.6. The molecular formula is C16H22N4O. The Morgan fingerprint density at radius 1 is 1.29 bits per heavy atom. The molecule has 0 saturated carbocycles. The van der Waals surface area contributed by atoms with Crippen LogP contribution in [0.3, 0.4) is 0 Å². The largest absolute Gasteiger partial charge is 0.337 e. The predicted octanol–water partition coefficient (Wildman–Crippen LogP) is 1.37. The molecule has 21 heavy (non-hydrogen) atoms. The molecule has 0 aliphatic rings. The molecule has 1 aromatic carbocycles. The van der Waals surface area contributed by atoms with Crippen LogP contribution in [-0.4, -0.2) is 40.2 Å². The quantitative estimate of drug-likeness (QED) is 0.872. The Balaban J connectivity index is 2.07. The van der Waals surface area contributed by atoms with Crippen molar-refractivity contribution in [3.05, 3.63) is 53.3 Å². The number of carbonyl (C=O) groups is 1. The summed E-state index contributed by atoms with van der Waals surface area (Å²) in [6, 6.07) is 10.2. The minimum atomic E-state index is 0.00183. The summed E-state index contributed by atoms with van der Waals surface area (Å²) >= 11 is 0. The normalized spacial score (nSPS) is 10.6. The van der Waals surface area contributed by atoms with Crippen LogP contribution < -0.4 is 5.73 Å². The Morgan fingerprint density at radius 3 is 2.57 bits per heavy atom. The number of hydrogen-bond acceptors (Lipinski definition) is 3. The predicted molar refractivity (Wildman–Crippen MR) is 83.0 cm³/mol. The van der Waals surface area contributed by atoms with E-state index >= 15 is 0 Å². The Morgan fingerprint density at radius 2 is 2.00 bits per heavy atom. The molecule has 2 rings (SSSR count). The molecule has 0 atom stereocenters. The van der Waals surface area contributed by atoms with Gasteiger partial charge in [-0.15, -0.1) is 0 Å². The second-order valence-electron chi connectivity index (χ2n) is 5.12. The van der Waals surface area contributed by atoms with Crippen molar-refractivity contribution >= 4 is 5.91 Å². The van der Waals surface area contributed by atoms with E-state index in [1.54, 1.807) is 15.8 Å². The van der Waals surface area contributed by atoms with Crippen molar-refractivity contribution in [3.63, 3.8) is 0 Å². The highest BCUT2D eigenvalue weighted by Crippen LogP contribution is 2.10. The molecule has 0 bridgehead atoms. The molecule has 5 nitrogen and oxygen atoms in total. The summed E-state index contributed by atoms with van der Waals surface area (Å²) in [6.45, 7) is 3.53. The molecule has 2 N–H and O–H groups in total.